The van der Waals surface area contributed by atoms with Gasteiger partial charge >= 0.3 is 0 Å². The third-order valence-corrected chi connectivity index (χ3v) is 5.90. The number of rotatable bonds is 0. The second-order valence-corrected chi connectivity index (χ2v) is 6.49. The third-order valence-electron chi connectivity index (χ3n) is 5.90. The van der Waals surface area contributed by atoms with Crippen molar-refractivity contribution in [3.05, 3.63) is 35.4 Å². The van der Waals surface area contributed by atoms with Gasteiger partial charge in [0.1, 0.15) is 0 Å². The van der Waals surface area contributed by atoms with Crippen LogP contribution in [0.25, 0.3) is 0 Å². The van der Waals surface area contributed by atoms with Gasteiger partial charge in [-0.25, -0.2) is 0 Å². The number of hydrogen-bond donors (Lipinski definition) is 1. The molecule has 2 bridgehead atoms. The number of epoxide rings is 1. The van der Waals surface area contributed by atoms with Crippen molar-refractivity contribution >= 4 is 0 Å². The fourth-order valence-corrected chi connectivity index (χ4v) is 5.21. The van der Waals surface area contributed by atoms with Gasteiger partial charge in [0.2, 0.25) is 0 Å². The predicted octanol–water partition coefficient (Wildman–Crippen LogP) is 2.02. The van der Waals surface area contributed by atoms with Gasteiger partial charge < -0.3 is 10.1 Å². The maximum absolute atomic E-state index is 6.05. The molecule has 2 nitrogen and oxygen atoms in total. The van der Waals surface area contributed by atoms with Crippen LogP contribution in [0.1, 0.15) is 30.4 Å². The first-order valence-corrected chi connectivity index (χ1v) is 7.37. The van der Waals surface area contributed by atoms with Crippen LogP contribution in [0.5, 0.6) is 0 Å². The van der Waals surface area contributed by atoms with Crippen molar-refractivity contribution in [1.29, 1.82) is 0 Å². The zero-order valence-corrected chi connectivity index (χ0v) is 10.6. The molecule has 0 amide bonds. The Morgan fingerprint density at radius 3 is 3.17 bits per heavy atom. The number of hydrogen-bond acceptors (Lipinski definition) is 2. The molecule has 2 aliphatic heterocycles. The molecule has 1 aromatic carbocycles. The van der Waals surface area contributed by atoms with Crippen LogP contribution in [0.2, 0.25) is 0 Å². The summed E-state index contributed by atoms with van der Waals surface area (Å²) in [5, 5.41) is 3.77. The molecule has 4 aliphatic rings. The minimum atomic E-state index is 0.355. The highest BCUT2D eigenvalue weighted by Gasteiger charge is 2.65. The Labute approximate surface area is 108 Å². The van der Waals surface area contributed by atoms with Crippen LogP contribution in [0, 0.1) is 5.92 Å². The SMILES string of the molecule is c1ccc2c(c1)C[C@H]1NCC[C@@]23C2OC2CC[C@@H]13. The molecule has 1 aromatic rings. The van der Waals surface area contributed by atoms with Gasteiger partial charge in [0.25, 0.3) is 0 Å². The lowest BCUT2D eigenvalue weighted by atomic mass is 9.52. The van der Waals surface area contributed by atoms with Crippen LogP contribution >= 0.6 is 0 Å². The smallest absolute Gasteiger partial charge is 0.0942 e. The van der Waals surface area contributed by atoms with E-state index in [2.05, 4.69) is 29.6 Å². The lowest BCUT2D eigenvalue weighted by Gasteiger charge is -2.54. The second-order valence-electron chi connectivity index (χ2n) is 6.49. The van der Waals surface area contributed by atoms with Gasteiger partial charge in [0.05, 0.1) is 12.2 Å². The molecule has 3 fully saturated rings. The number of benzene rings is 1. The van der Waals surface area contributed by atoms with Gasteiger partial charge in [-0.3, -0.25) is 0 Å². The Balaban J connectivity index is 1.76. The highest BCUT2D eigenvalue weighted by Crippen LogP contribution is 2.60. The molecule has 2 heterocycles. The Bertz CT molecular complexity index is 514. The Hall–Kier alpha value is -0.860. The van der Waals surface area contributed by atoms with Gasteiger partial charge in [0, 0.05) is 11.5 Å². The van der Waals surface area contributed by atoms with Crippen molar-refractivity contribution in [3.8, 4) is 0 Å². The molecule has 0 aromatic heterocycles. The normalized spacial score (nSPS) is 47.8. The predicted molar refractivity (Wildman–Crippen MR) is 69.6 cm³/mol. The summed E-state index contributed by atoms with van der Waals surface area (Å²) in [5.41, 5.74) is 3.55. The van der Waals surface area contributed by atoms with Crippen LogP contribution in [0.15, 0.2) is 24.3 Å². The first-order chi connectivity index (χ1) is 8.89. The van der Waals surface area contributed by atoms with Crippen molar-refractivity contribution in [2.45, 2.75) is 49.3 Å². The molecule has 2 aliphatic carbocycles. The Morgan fingerprint density at radius 1 is 1.22 bits per heavy atom. The molecule has 18 heavy (non-hydrogen) atoms. The van der Waals surface area contributed by atoms with E-state index in [0.29, 0.717) is 23.7 Å². The number of fused-ring (bicyclic) bond motifs is 2. The summed E-state index contributed by atoms with van der Waals surface area (Å²) in [4.78, 5) is 0. The van der Waals surface area contributed by atoms with Crippen LogP contribution in [0.3, 0.4) is 0 Å². The zero-order valence-electron chi connectivity index (χ0n) is 10.6. The first kappa shape index (κ1) is 9.99. The summed E-state index contributed by atoms with van der Waals surface area (Å²) < 4.78 is 6.05. The average molecular weight is 241 g/mol. The molecule has 5 atom stereocenters. The van der Waals surface area contributed by atoms with Gasteiger partial charge in [-0.1, -0.05) is 24.3 Å². The molecular weight excluding hydrogens is 222 g/mol. The lowest BCUT2D eigenvalue weighted by molar-refractivity contribution is 0.0840. The lowest BCUT2D eigenvalue weighted by Crippen LogP contribution is -2.62. The summed E-state index contributed by atoms with van der Waals surface area (Å²) in [7, 11) is 0. The van der Waals surface area contributed by atoms with Gasteiger partial charge in [0.15, 0.2) is 0 Å². The molecule has 1 N–H and O–H groups in total. The summed E-state index contributed by atoms with van der Waals surface area (Å²) in [6.45, 7) is 1.17. The highest BCUT2D eigenvalue weighted by molar-refractivity contribution is 5.44. The van der Waals surface area contributed by atoms with E-state index in [1.807, 2.05) is 0 Å². The van der Waals surface area contributed by atoms with E-state index in [1.165, 1.54) is 32.2 Å². The number of nitrogens with one attached hydrogen (secondary N) is 1. The quantitative estimate of drug-likeness (QED) is 0.703. The van der Waals surface area contributed by atoms with Gasteiger partial charge in [-0.05, 0) is 49.3 Å². The van der Waals surface area contributed by atoms with Crippen molar-refractivity contribution in [2.75, 3.05) is 6.54 Å². The van der Waals surface area contributed by atoms with Crippen LogP contribution in [-0.4, -0.2) is 24.8 Å². The highest BCUT2D eigenvalue weighted by atomic mass is 16.6. The minimum Gasteiger partial charge on any atom is -0.369 e. The van der Waals surface area contributed by atoms with Gasteiger partial charge in [-0.2, -0.15) is 0 Å². The summed E-state index contributed by atoms with van der Waals surface area (Å²) in [5.74, 6) is 0.810. The maximum Gasteiger partial charge on any atom is 0.0942 e. The van der Waals surface area contributed by atoms with E-state index in [4.69, 9.17) is 4.74 Å². The largest absolute Gasteiger partial charge is 0.369 e. The van der Waals surface area contributed by atoms with Crippen LogP contribution in [-0.2, 0) is 16.6 Å². The van der Waals surface area contributed by atoms with Gasteiger partial charge in [-0.15, -0.1) is 0 Å². The van der Waals surface area contributed by atoms with E-state index < -0.39 is 0 Å². The minimum absolute atomic E-state index is 0.355. The van der Waals surface area contributed by atoms with Crippen molar-refractivity contribution in [1.82, 2.24) is 5.32 Å². The molecule has 1 saturated carbocycles. The summed E-state index contributed by atoms with van der Waals surface area (Å²) >= 11 is 0. The maximum atomic E-state index is 6.05. The van der Waals surface area contributed by atoms with Crippen molar-refractivity contribution in [2.24, 2.45) is 5.92 Å². The topological polar surface area (TPSA) is 24.6 Å². The molecule has 2 unspecified atom stereocenters. The van der Waals surface area contributed by atoms with Crippen molar-refractivity contribution in [3.63, 3.8) is 0 Å². The van der Waals surface area contributed by atoms with E-state index in [9.17, 15) is 0 Å². The molecule has 94 valence electrons. The standard InChI is InChI=1S/C16H19NO/c1-2-4-11-10(3-1)9-13-12-5-6-14-15(18-14)16(11,12)7-8-17-13/h1-4,12-15,17H,5-9H2/t12-,13+,14?,15?,16+/m0/s1. The monoisotopic (exact) mass is 241 g/mol. The Kier molecular flexibility index (Phi) is 1.76. The summed E-state index contributed by atoms with van der Waals surface area (Å²) in [6, 6.07) is 9.82. The Morgan fingerprint density at radius 2 is 2.17 bits per heavy atom. The van der Waals surface area contributed by atoms with Crippen molar-refractivity contribution < 1.29 is 4.74 Å². The fraction of sp³-hybridized carbons (Fsp3) is 0.625. The number of piperidine rings is 1. The molecule has 2 saturated heterocycles. The zero-order chi connectivity index (χ0) is 11.7. The molecular formula is C16H19NO. The van der Waals surface area contributed by atoms with Crippen LogP contribution < -0.4 is 5.32 Å². The molecule has 5 rings (SSSR count). The molecule has 2 heteroatoms. The summed E-state index contributed by atoms with van der Waals surface area (Å²) in [6.07, 6.45) is 6.24. The first-order valence-electron chi connectivity index (χ1n) is 7.37. The second kappa shape index (κ2) is 3.17. The van der Waals surface area contributed by atoms with E-state index in [-0.39, 0.29) is 0 Å². The van der Waals surface area contributed by atoms with E-state index in [0.717, 1.165) is 5.92 Å². The number of ether oxygens (including phenoxy) is 1. The average Bonchev–Trinajstić information content (AvgIpc) is 3.18. The van der Waals surface area contributed by atoms with Crippen LogP contribution in [0.4, 0.5) is 0 Å². The third kappa shape index (κ3) is 1.03. The molecule has 0 radical (unpaired) electrons. The fourth-order valence-electron chi connectivity index (χ4n) is 5.21. The van der Waals surface area contributed by atoms with E-state index in [1.54, 1.807) is 11.1 Å². The molecule has 0 spiro atoms. The van der Waals surface area contributed by atoms with E-state index >= 15 is 0 Å².